The second-order valence-electron chi connectivity index (χ2n) is 7.92. The van der Waals surface area contributed by atoms with Gasteiger partial charge in [-0.3, -0.25) is 9.98 Å². The van der Waals surface area contributed by atoms with Gasteiger partial charge in [0.25, 0.3) is 0 Å². The third-order valence-corrected chi connectivity index (χ3v) is 3.44. The smallest absolute Gasteiger partial charge is 0.408 e. The molecule has 0 spiro atoms. The number of pyridine rings is 1. The number of hydrogen-bond donors (Lipinski definition) is 3. The molecule has 0 aliphatic heterocycles. The van der Waals surface area contributed by atoms with Crippen LogP contribution >= 0.6 is 0 Å². The molecule has 0 aromatic carbocycles. The molecular weight excluding hydrogens is 330 g/mol. The highest BCUT2D eigenvalue weighted by molar-refractivity contribution is 5.79. The van der Waals surface area contributed by atoms with Crippen molar-refractivity contribution in [3.8, 4) is 0 Å². The number of carbonyl (C=O) groups is 1. The van der Waals surface area contributed by atoms with Crippen LogP contribution in [0.15, 0.2) is 23.3 Å². The average molecular weight is 364 g/mol. The van der Waals surface area contributed by atoms with E-state index >= 15 is 0 Å². The number of rotatable bonds is 6. The SMILES string of the molecule is CN=C(NCCc1ccc(C)nc1)NCC(C)(C)NC(=O)OC(C)(C)C. The Morgan fingerprint density at radius 3 is 2.42 bits per heavy atom. The summed E-state index contributed by atoms with van der Waals surface area (Å²) in [4.78, 5) is 20.4. The molecular formula is C19H33N5O2. The lowest BCUT2D eigenvalue weighted by atomic mass is 10.1. The molecule has 1 amide bonds. The third kappa shape index (κ3) is 9.25. The molecule has 7 nitrogen and oxygen atoms in total. The van der Waals surface area contributed by atoms with Gasteiger partial charge >= 0.3 is 6.09 Å². The topological polar surface area (TPSA) is 87.6 Å². The fourth-order valence-corrected chi connectivity index (χ4v) is 2.12. The predicted octanol–water partition coefficient (Wildman–Crippen LogP) is 2.40. The fraction of sp³-hybridized carbons (Fsp3) is 0.632. The summed E-state index contributed by atoms with van der Waals surface area (Å²) in [7, 11) is 1.72. The van der Waals surface area contributed by atoms with Crippen molar-refractivity contribution in [2.75, 3.05) is 20.1 Å². The molecule has 0 saturated heterocycles. The van der Waals surface area contributed by atoms with Crippen molar-refractivity contribution in [3.63, 3.8) is 0 Å². The van der Waals surface area contributed by atoms with Gasteiger partial charge in [-0.2, -0.15) is 0 Å². The molecule has 1 heterocycles. The van der Waals surface area contributed by atoms with Crippen LogP contribution in [0.2, 0.25) is 0 Å². The maximum absolute atomic E-state index is 11.9. The summed E-state index contributed by atoms with van der Waals surface area (Å²) < 4.78 is 5.30. The van der Waals surface area contributed by atoms with Crippen LogP contribution < -0.4 is 16.0 Å². The van der Waals surface area contributed by atoms with Gasteiger partial charge in [-0.15, -0.1) is 0 Å². The normalized spacial score (nSPS) is 12.5. The number of aryl methyl sites for hydroxylation is 1. The second-order valence-corrected chi connectivity index (χ2v) is 7.92. The highest BCUT2D eigenvalue weighted by atomic mass is 16.6. The first-order valence-electron chi connectivity index (χ1n) is 8.88. The zero-order valence-corrected chi connectivity index (χ0v) is 17.1. The van der Waals surface area contributed by atoms with Gasteiger partial charge < -0.3 is 20.7 Å². The summed E-state index contributed by atoms with van der Waals surface area (Å²) >= 11 is 0. The van der Waals surface area contributed by atoms with E-state index in [0.29, 0.717) is 12.5 Å². The third-order valence-electron chi connectivity index (χ3n) is 3.44. The zero-order valence-electron chi connectivity index (χ0n) is 17.1. The Morgan fingerprint density at radius 1 is 1.19 bits per heavy atom. The summed E-state index contributed by atoms with van der Waals surface area (Å²) in [5, 5.41) is 9.35. The Labute approximate surface area is 157 Å². The minimum Gasteiger partial charge on any atom is -0.444 e. The van der Waals surface area contributed by atoms with Gasteiger partial charge in [-0.25, -0.2) is 4.79 Å². The molecule has 0 aliphatic carbocycles. The number of carbonyl (C=O) groups excluding carboxylic acids is 1. The van der Waals surface area contributed by atoms with E-state index in [1.54, 1.807) is 7.05 Å². The van der Waals surface area contributed by atoms with Crippen molar-refractivity contribution in [1.82, 2.24) is 20.9 Å². The quantitative estimate of drug-likeness (QED) is 0.534. The molecule has 26 heavy (non-hydrogen) atoms. The van der Waals surface area contributed by atoms with Gasteiger partial charge in [0, 0.05) is 32.0 Å². The summed E-state index contributed by atoms with van der Waals surface area (Å²) in [6.45, 7) is 12.6. The molecule has 3 N–H and O–H groups in total. The molecule has 1 rings (SSSR count). The number of hydrogen-bond acceptors (Lipinski definition) is 4. The van der Waals surface area contributed by atoms with Crippen molar-refractivity contribution in [1.29, 1.82) is 0 Å². The van der Waals surface area contributed by atoms with Gasteiger partial charge in [0.1, 0.15) is 5.60 Å². The molecule has 0 saturated carbocycles. The molecule has 7 heteroatoms. The zero-order chi connectivity index (χ0) is 19.8. The molecule has 1 aromatic rings. The Morgan fingerprint density at radius 2 is 1.88 bits per heavy atom. The lowest BCUT2D eigenvalue weighted by molar-refractivity contribution is 0.0474. The largest absolute Gasteiger partial charge is 0.444 e. The van der Waals surface area contributed by atoms with E-state index in [4.69, 9.17) is 4.74 Å². The number of nitrogens with one attached hydrogen (secondary N) is 3. The number of alkyl carbamates (subject to hydrolysis) is 1. The van der Waals surface area contributed by atoms with Gasteiger partial charge in [0.2, 0.25) is 0 Å². The molecule has 0 aliphatic rings. The van der Waals surface area contributed by atoms with Crippen LogP contribution in [0.25, 0.3) is 0 Å². The lowest BCUT2D eigenvalue weighted by Gasteiger charge is -2.29. The molecule has 0 bridgehead atoms. The van der Waals surface area contributed by atoms with E-state index in [-0.39, 0.29) is 0 Å². The monoisotopic (exact) mass is 363 g/mol. The maximum atomic E-state index is 11.9. The number of nitrogens with zero attached hydrogens (tertiary/aromatic N) is 2. The van der Waals surface area contributed by atoms with E-state index in [1.807, 2.05) is 53.8 Å². The number of ether oxygens (including phenoxy) is 1. The number of guanidine groups is 1. The first kappa shape index (κ1) is 21.7. The fourth-order valence-electron chi connectivity index (χ4n) is 2.12. The van der Waals surface area contributed by atoms with E-state index in [0.717, 1.165) is 18.7 Å². The van der Waals surface area contributed by atoms with Crippen molar-refractivity contribution in [2.45, 2.75) is 59.1 Å². The Bertz CT molecular complexity index is 603. The Kier molecular flexibility index (Phi) is 7.86. The standard InChI is InChI=1S/C19H33N5O2/c1-14-8-9-15(12-22-14)10-11-21-16(20-7)23-13-19(5,6)24-17(25)26-18(2,3)4/h8-9,12H,10-11,13H2,1-7H3,(H,24,25)(H2,20,21,23). The number of aromatic nitrogens is 1. The van der Waals surface area contributed by atoms with Crippen LogP contribution in [0.1, 0.15) is 45.9 Å². The van der Waals surface area contributed by atoms with Crippen LogP contribution in [0.3, 0.4) is 0 Å². The molecule has 0 radical (unpaired) electrons. The van der Waals surface area contributed by atoms with E-state index in [9.17, 15) is 4.79 Å². The van der Waals surface area contributed by atoms with Gasteiger partial charge in [0.15, 0.2) is 5.96 Å². The molecule has 1 aromatic heterocycles. The average Bonchev–Trinajstić information content (AvgIpc) is 2.50. The minimum absolute atomic E-state index is 0.431. The van der Waals surface area contributed by atoms with Gasteiger partial charge in [-0.1, -0.05) is 6.07 Å². The van der Waals surface area contributed by atoms with Gasteiger partial charge in [0.05, 0.1) is 5.54 Å². The van der Waals surface area contributed by atoms with Crippen molar-refractivity contribution in [2.24, 2.45) is 4.99 Å². The summed E-state index contributed by atoms with van der Waals surface area (Å²) in [6, 6.07) is 4.08. The van der Waals surface area contributed by atoms with E-state index in [2.05, 4.69) is 32.0 Å². The number of aliphatic imine (C=N–C) groups is 1. The number of amides is 1. The first-order valence-corrected chi connectivity index (χ1v) is 8.88. The summed E-state index contributed by atoms with van der Waals surface area (Å²) in [5.41, 5.74) is 1.18. The predicted molar refractivity (Wildman–Crippen MR) is 105 cm³/mol. The van der Waals surface area contributed by atoms with Crippen LogP contribution in [-0.2, 0) is 11.2 Å². The highest BCUT2D eigenvalue weighted by Crippen LogP contribution is 2.09. The second kappa shape index (κ2) is 9.40. The van der Waals surface area contributed by atoms with E-state index in [1.165, 1.54) is 5.56 Å². The summed E-state index contributed by atoms with van der Waals surface area (Å²) in [5.74, 6) is 0.684. The van der Waals surface area contributed by atoms with Crippen LogP contribution in [-0.4, -0.2) is 48.3 Å². The molecule has 0 fully saturated rings. The van der Waals surface area contributed by atoms with Gasteiger partial charge in [-0.05, 0) is 59.6 Å². The van der Waals surface area contributed by atoms with Crippen LogP contribution in [0.5, 0.6) is 0 Å². The van der Waals surface area contributed by atoms with Crippen molar-refractivity contribution in [3.05, 3.63) is 29.6 Å². The molecule has 0 atom stereocenters. The highest BCUT2D eigenvalue weighted by Gasteiger charge is 2.24. The van der Waals surface area contributed by atoms with Crippen molar-refractivity contribution >= 4 is 12.1 Å². The Hall–Kier alpha value is -2.31. The van der Waals surface area contributed by atoms with Crippen LogP contribution in [0, 0.1) is 6.92 Å². The minimum atomic E-state index is -0.518. The lowest BCUT2D eigenvalue weighted by Crippen LogP contribution is -2.54. The van der Waals surface area contributed by atoms with Crippen molar-refractivity contribution < 1.29 is 9.53 Å². The maximum Gasteiger partial charge on any atom is 0.408 e. The summed E-state index contributed by atoms with van der Waals surface area (Å²) in [6.07, 6.45) is 2.31. The Balaban J connectivity index is 2.40. The molecule has 0 unspecified atom stereocenters. The first-order chi connectivity index (χ1) is 12.0. The van der Waals surface area contributed by atoms with Crippen LogP contribution in [0.4, 0.5) is 4.79 Å². The molecule has 146 valence electrons. The van der Waals surface area contributed by atoms with E-state index < -0.39 is 17.2 Å².